The fraction of sp³-hybridized carbons (Fsp3) is 0.417. The Morgan fingerprint density at radius 2 is 2.00 bits per heavy atom. The maximum Gasteiger partial charge on any atom is 0.306 e. The molecule has 1 heterocycles. The smallest absolute Gasteiger partial charge is 0.306 e. The number of esters is 1. The van der Waals surface area contributed by atoms with Crippen molar-refractivity contribution in [1.29, 1.82) is 0 Å². The first kappa shape index (κ1) is 9.25. The van der Waals surface area contributed by atoms with Crippen LogP contribution in [0.15, 0.2) is 30.3 Å². The zero-order valence-electron chi connectivity index (χ0n) is 8.32. The van der Waals surface area contributed by atoms with E-state index < -0.39 is 5.60 Å². The van der Waals surface area contributed by atoms with Crippen molar-refractivity contribution in [3.05, 3.63) is 35.9 Å². The van der Waals surface area contributed by atoms with Gasteiger partial charge in [-0.3, -0.25) is 4.79 Å². The van der Waals surface area contributed by atoms with Crippen LogP contribution in [-0.4, -0.2) is 5.97 Å². The van der Waals surface area contributed by atoms with Crippen molar-refractivity contribution < 1.29 is 9.53 Å². The molecule has 0 aliphatic carbocycles. The minimum atomic E-state index is -0.406. The molecule has 14 heavy (non-hydrogen) atoms. The van der Waals surface area contributed by atoms with Gasteiger partial charge in [-0.1, -0.05) is 30.3 Å². The van der Waals surface area contributed by atoms with Gasteiger partial charge in [0.2, 0.25) is 0 Å². The van der Waals surface area contributed by atoms with Crippen LogP contribution in [0, 0.1) is 0 Å². The first-order valence-electron chi connectivity index (χ1n) is 4.98. The van der Waals surface area contributed by atoms with Gasteiger partial charge in [0.05, 0.1) is 0 Å². The molecule has 2 heteroatoms. The van der Waals surface area contributed by atoms with E-state index in [9.17, 15) is 4.79 Å². The van der Waals surface area contributed by atoms with E-state index in [1.54, 1.807) is 0 Å². The van der Waals surface area contributed by atoms with E-state index in [1.807, 2.05) is 37.3 Å². The van der Waals surface area contributed by atoms with E-state index in [4.69, 9.17) is 4.74 Å². The summed E-state index contributed by atoms with van der Waals surface area (Å²) in [4.78, 5) is 11.2. The molecule has 0 saturated carbocycles. The average molecular weight is 190 g/mol. The summed E-state index contributed by atoms with van der Waals surface area (Å²) < 4.78 is 5.42. The molecule has 74 valence electrons. The highest BCUT2D eigenvalue weighted by molar-refractivity contribution is 5.70. The molecule has 0 unspecified atom stereocenters. The van der Waals surface area contributed by atoms with Crippen LogP contribution in [-0.2, 0) is 15.1 Å². The van der Waals surface area contributed by atoms with E-state index in [2.05, 4.69) is 0 Å². The van der Waals surface area contributed by atoms with Crippen LogP contribution in [0.3, 0.4) is 0 Å². The Kier molecular flexibility index (Phi) is 2.28. The lowest BCUT2D eigenvalue weighted by Crippen LogP contribution is -2.33. The molecule has 1 aliphatic rings. The molecule has 2 nitrogen and oxygen atoms in total. The minimum absolute atomic E-state index is 0.0809. The van der Waals surface area contributed by atoms with Gasteiger partial charge in [-0.05, 0) is 25.3 Å². The molecule has 1 aliphatic heterocycles. The van der Waals surface area contributed by atoms with Crippen LogP contribution in [0.2, 0.25) is 0 Å². The summed E-state index contributed by atoms with van der Waals surface area (Å²) in [6, 6.07) is 9.95. The largest absolute Gasteiger partial charge is 0.454 e. The highest BCUT2D eigenvalue weighted by Crippen LogP contribution is 2.34. The predicted octanol–water partition coefficient (Wildman–Crippen LogP) is 2.63. The molecule has 0 N–H and O–H groups in total. The Labute approximate surface area is 83.9 Å². The van der Waals surface area contributed by atoms with Gasteiger partial charge in [0.25, 0.3) is 0 Å². The van der Waals surface area contributed by atoms with Crippen LogP contribution >= 0.6 is 0 Å². The number of ether oxygens (including phenoxy) is 1. The Hall–Kier alpha value is -1.31. The summed E-state index contributed by atoms with van der Waals surface area (Å²) in [6.45, 7) is 1.99. The topological polar surface area (TPSA) is 26.3 Å². The summed E-state index contributed by atoms with van der Waals surface area (Å²) >= 11 is 0. The third-order valence-electron chi connectivity index (χ3n) is 2.76. The summed E-state index contributed by atoms with van der Waals surface area (Å²) in [7, 11) is 0. The molecule has 2 rings (SSSR count). The van der Waals surface area contributed by atoms with Crippen LogP contribution < -0.4 is 0 Å². The lowest BCUT2D eigenvalue weighted by molar-refractivity contribution is -0.166. The summed E-state index contributed by atoms with van der Waals surface area (Å²) in [6.07, 6.45) is 2.40. The van der Waals surface area contributed by atoms with Crippen LogP contribution in [0.4, 0.5) is 0 Å². The van der Waals surface area contributed by atoms with Crippen molar-refractivity contribution >= 4 is 5.97 Å². The zero-order valence-corrected chi connectivity index (χ0v) is 8.32. The molecular weight excluding hydrogens is 176 g/mol. The molecule has 1 aromatic carbocycles. The van der Waals surface area contributed by atoms with Crippen molar-refractivity contribution in [2.75, 3.05) is 0 Å². The number of hydrogen-bond donors (Lipinski definition) is 0. The van der Waals surface area contributed by atoms with Gasteiger partial charge in [0.1, 0.15) is 5.60 Å². The quantitative estimate of drug-likeness (QED) is 0.636. The SMILES string of the molecule is C[C@@]1(c2ccccc2)CCCC(=O)O1. The molecule has 1 fully saturated rings. The number of carbonyl (C=O) groups excluding carboxylic acids is 1. The van der Waals surface area contributed by atoms with Crippen LogP contribution in [0.1, 0.15) is 31.7 Å². The molecular formula is C12H14O2. The fourth-order valence-electron chi connectivity index (χ4n) is 1.92. The van der Waals surface area contributed by atoms with Crippen molar-refractivity contribution in [2.24, 2.45) is 0 Å². The van der Waals surface area contributed by atoms with Gasteiger partial charge < -0.3 is 4.74 Å². The molecule has 0 amide bonds. The second-order valence-corrected chi connectivity index (χ2v) is 3.92. The van der Waals surface area contributed by atoms with E-state index in [0.29, 0.717) is 6.42 Å². The standard InChI is InChI=1S/C12H14O2/c1-12(9-5-8-11(13)14-12)10-6-3-2-4-7-10/h2-4,6-7H,5,8-9H2,1H3/t12-/m0/s1. The second-order valence-electron chi connectivity index (χ2n) is 3.92. The van der Waals surface area contributed by atoms with Gasteiger partial charge in [-0.25, -0.2) is 0 Å². The van der Waals surface area contributed by atoms with Crippen molar-refractivity contribution in [3.8, 4) is 0 Å². The molecule has 0 radical (unpaired) electrons. The molecule has 0 aromatic heterocycles. The summed E-state index contributed by atoms with van der Waals surface area (Å²) in [5.41, 5.74) is 0.685. The molecule has 1 atom stereocenters. The highest BCUT2D eigenvalue weighted by atomic mass is 16.6. The molecule has 1 saturated heterocycles. The summed E-state index contributed by atoms with van der Waals surface area (Å²) in [5.74, 6) is -0.0809. The summed E-state index contributed by atoms with van der Waals surface area (Å²) in [5, 5.41) is 0. The van der Waals surface area contributed by atoms with Gasteiger partial charge in [0.15, 0.2) is 0 Å². The highest BCUT2D eigenvalue weighted by Gasteiger charge is 2.33. The second kappa shape index (κ2) is 3.45. The minimum Gasteiger partial charge on any atom is -0.454 e. The molecule has 0 spiro atoms. The third kappa shape index (κ3) is 1.65. The average Bonchev–Trinajstić information content (AvgIpc) is 2.19. The number of carbonyl (C=O) groups is 1. The number of benzene rings is 1. The van der Waals surface area contributed by atoms with Gasteiger partial charge in [-0.2, -0.15) is 0 Å². The van der Waals surface area contributed by atoms with E-state index >= 15 is 0 Å². The first-order chi connectivity index (χ1) is 6.71. The maximum absolute atomic E-state index is 11.2. The normalized spacial score (nSPS) is 27.1. The Morgan fingerprint density at radius 1 is 1.29 bits per heavy atom. The van der Waals surface area contributed by atoms with Crippen LogP contribution in [0.5, 0.6) is 0 Å². The number of hydrogen-bond acceptors (Lipinski definition) is 2. The maximum atomic E-state index is 11.2. The van der Waals surface area contributed by atoms with Gasteiger partial charge >= 0.3 is 5.97 Å². The van der Waals surface area contributed by atoms with Crippen LogP contribution in [0.25, 0.3) is 0 Å². The Balaban J connectivity index is 2.27. The van der Waals surface area contributed by atoms with Gasteiger partial charge in [0, 0.05) is 6.42 Å². The Bertz CT molecular complexity index is 331. The number of rotatable bonds is 1. The fourth-order valence-corrected chi connectivity index (χ4v) is 1.92. The predicted molar refractivity (Wildman–Crippen MR) is 53.7 cm³/mol. The zero-order chi connectivity index (χ0) is 10.0. The monoisotopic (exact) mass is 190 g/mol. The van der Waals surface area contributed by atoms with Gasteiger partial charge in [-0.15, -0.1) is 0 Å². The number of cyclic esters (lactones) is 1. The van der Waals surface area contributed by atoms with E-state index in [1.165, 1.54) is 0 Å². The van der Waals surface area contributed by atoms with Crippen molar-refractivity contribution in [1.82, 2.24) is 0 Å². The van der Waals surface area contributed by atoms with E-state index in [0.717, 1.165) is 18.4 Å². The van der Waals surface area contributed by atoms with E-state index in [-0.39, 0.29) is 5.97 Å². The lowest BCUT2D eigenvalue weighted by Gasteiger charge is -2.33. The third-order valence-corrected chi connectivity index (χ3v) is 2.76. The lowest BCUT2D eigenvalue weighted by atomic mass is 9.88. The Morgan fingerprint density at radius 3 is 2.64 bits per heavy atom. The molecule has 1 aromatic rings. The van der Waals surface area contributed by atoms with Crippen molar-refractivity contribution in [3.63, 3.8) is 0 Å². The van der Waals surface area contributed by atoms with Crippen molar-refractivity contribution in [2.45, 2.75) is 31.8 Å². The molecule has 0 bridgehead atoms. The first-order valence-corrected chi connectivity index (χ1v) is 4.98.